The number of fused-ring (bicyclic) bond motifs is 1. The van der Waals surface area contributed by atoms with Gasteiger partial charge in [-0.1, -0.05) is 23.7 Å². The van der Waals surface area contributed by atoms with Gasteiger partial charge in [0.15, 0.2) is 0 Å². The van der Waals surface area contributed by atoms with Gasteiger partial charge in [0, 0.05) is 13.6 Å². The van der Waals surface area contributed by atoms with Gasteiger partial charge in [0.1, 0.15) is 4.90 Å². The fraction of sp³-hybridized carbons (Fsp3) is 0.611. The number of carbonyl (C=O) groups is 1. The van der Waals surface area contributed by atoms with Crippen LogP contribution in [0.2, 0.25) is 5.02 Å². The van der Waals surface area contributed by atoms with Gasteiger partial charge in [-0.05, 0) is 25.0 Å². The maximum absolute atomic E-state index is 13.3. The van der Waals surface area contributed by atoms with Crippen molar-refractivity contribution in [1.29, 1.82) is 0 Å². The highest BCUT2D eigenvalue weighted by molar-refractivity contribution is 7.89. The lowest BCUT2D eigenvalue weighted by molar-refractivity contribution is -0.146. The van der Waals surface area contributed by atoms with Crippen LogP contribution in [0.25, 0.3) is 0 Å². The van der Waals surface area contributed by atoms with Crippen molar-refractivity contribution in [1.82, 2.24) is 9.62 Å². The summed E-state index contributed by atoms with van der Waals surface area (Å²) >= 11 is 6.14. The SMILES string of the molecule is CNC(=O)C[C@H]1CC[C@@H]2[C@H](COC[C@@H](O)CN2S(=O)(=O)c2ccccc2Cl)O1. The van der Waals surface area contributed by atoms with E-state index in [0.717, 1.165) is 0 Å². The lowest BCUT2D eigenvalue weighted by Crippen LogP contribution is -2.57. The van der Waals surface area contributed by atoms with Gasteiger partial charge in [-0.2, -0.15) is 4.31 Å². The van der Waals surface area contributed by atoms with Crippen molar-refractivity contribution in [3.8, 4) is 0 Å². The molecule has 0 radical (unpaired) electrons. The van der Waals surface area contributed by atoms with Crippen molar-refractivity contribution in [2.75, 3.05) is 26.8 Å². The van der Waals surface area contributed by atoms with E-state index < -0.39 is 28.3 Å². The van der Waals surface area contributed by atoms with Crippen LogP contribution in [0.3, 0.4) is 0 Å². The molecule has 28 heavy (non-hydrogen) atoms. The predicted molar refractivity (Wildman–Crippen MR) is 103 cm³/mol. The first-order chi connectivity index (χ1) is 13.3. The van der Waals surface area contributed by atoms with Gasteiger partial charge in [0.25, 0.3) is 0 Å². The molecule has 1 aromatic carbocycles. The smallest absolute Gasteiger partial charge is 0.244 e. The molecule has 2 saturated heterocycles. The Morgan fingerprint density at radius 3 is 2.79 bits per heavy atom. The van der Waals surface area contributed by atoms with Gasteiger partial charge in [-0.25, -0.2) is 8.42 Å². The summed E-state index contributed by atoms with van der Waals surface area (Å²) in [6.07, 6.45) is -0.570. The monoisotopic (exact) mass is 432 g/mol. The molecule has 0 saturated carbocycles. The fourth-order valence-corrected chi connectivity index (χ4v) is 5.87. The van der Waals surface area contributed by atoms with E-state index in [0.29, 0.717) is 12.8 Å². The second kappa shape index (κ2) is 9.06. The molecule has 2 heterocycles. The molecule has 0 aromatic heterocycles. The average Bonchev–Trinajstić information content (AvgIpc) is 2.65. The predicted octanol–water partition coefficient (Wildman–Crippen LogP) is 0.774. The summed E-state index contributed by atoms with van der Waals surface area (Å²) in [6, 6.07) is 5.72. The summed E-state index contributed by atoms with van der Waals surface area (Å²) in [7, 11) is -2.39. The van der Waals surface area contributed by atoms with Crippen LogP contribution in [0.4, 0.5) is 0 Å². The Hall–Kier alpha value is -1.23. The van der Waals surface area contributed by atoms with Crippen LogP contribution in [0, 0.1) is 0 Å². The fourth-order valence-electron chi connectivity index (χ4n) is 3.66. The van der Waals surface area contributed by atoms with Crippen molar-refractivity contribution in [3.05, 3.63) is 29.3 Å². The molecule has 2 N–H and O–H groups in total. The van der Waals surface area contributed by atoms with Gasteiger partial charge < -0.3 is 19.9 Å². The lowest BCUT2D eigenvalue weighted by atomic mass is 9.96. The Morgan fingerprint density at radius 2 is 2.07 bits per heavy atom. The van der Waals surface area contributed by atoms with Crippen LogP contribution in [-0.4, -0.2) is 74.9 Å². The highest BCUT2D eigenvalue weighted by Crippen LogP contribution is 2.33. The molecule has 1 aromatic rings. The molecular weight excluding hydrogens is 408 g/mol. The molecule has 8 nitrogen and oxygen atoms in total. The normalized spacial score (nSPS) is 29.4. The number of nitrogens with zero attached hydrogens (tertiary/aromatic N) is 1. The highest BCUT2D eigenvalue weighted by Gasteiger charge is 2.43. The van der Waals surface area contributed by atoms with E-state index >= 15 is 0 Å². The number of hydrogen-bond acceptors (Lipinski definition) is 6. The Labute approximate surface area is 169 Å². The van der Waals surface area contributed by atoms with Gasteiger partial charge in [0.05, 0.1) is 49.0 Å². The molecular formula is C18H25ClN2O6S. The number of aliphatic hydroxyl groups is 1. The van der Waals surface area contributed by atoms with Crippen LogP contribution in [0.1, 0.15) is 19.3 Å². The number of carbonyl (C=O) groups excluding carboxylic acids is 1. The van der Waals surface area contributed by atoms with Crippen LogP contribution in [-0.2, 0) is 24.3 Å². The largest absolute Gasteiger partial charge is 0.389 e. The number of rotatable bonds is 4. The molecule has 2 fully saturated rings. The van der Waals surface area contributed by atoms with E-state index in [-0.39, 0.29) is 48.1 Å². The molecule has 10 heteroatoms. The summed E-state index contributed by atoms with van der Waals surface area (Å²) in [5, 5.41) is 12.9. The number of halogens is 1. The first-order valence-electron chi connectivity index (χ1n) is 9.21. The van der Waals surface area contributed by atoms with Crippen LogP contribution in [0.15, 0.2) is 29.2 Å². The number of benzene rings is 1. The summed E-state index contributed by atoms with van der Waals surface area (Å²) in [5.74, 6) is -0.133. The van der Waals surface area contributed by atoms with E-state index in [9.17, 15) is 18.3 Å². The molecule has 1 amide bonds. The summed E-state index contributed by atoms with van der Waals surface area (Å²) in [4.78, 5) is 11.7. The zero-order valence-corrected chi connectivity index (χ0v) is 17.2. The standard InChI is InChI=1S/C18H25ClN2O6S/c1-20-18(23)8-13-6-7-15-16(27-13)11-26-10-12(22)9-21(15)28(24,25)17-5-3-2-4-14(17)19/h2-5,12-13,15-16,22H,6-11H2,1H3,(H,20,23)/t12-,13+,15+,16-/m0/s1. The Balaban J connectivity index is 1.88. The van der Waals surface area contributed by atoms with E-state index in [1.54, 1.807) is 19.2 Å². The number of sulfonamides is 1. The molecule has 0 unspecified atom stereocenters. The maximum Gasteiger partial charge on any atom is 0.244 e. The van der Waals surface area contributed by atoms with Crippen molar-refractivity contribution in [3.63, 3.8) is 0 Å². The third-order valence-electron chi connectivity index (χ3n) is 5.05. The number of aliphatic hydroxyl groups excluding tert-OH is 1. The minimum Gasteiger partial charge on any atom is -0.389 e. The van der Waals surface area contributed by atoms with E-state index in [1.807, 2.05) is 0 Å². The second-order valence-corrected chi connectivity index (χ2v) is 9.28. The van der Waals surface area contributed by atoms with Crippen molar-refractivity contribution in [2.24, 2.45) is 0 Å². The Bertz CT molecular complexity index is 805. The van der Waals surface area contributed by atoms with Crippen LogP contribution >= 0.6 is 11.6 Å². The molecule has 2 aliphatic heterocycles. The summed E-state index contributed by atoms with van der Waals surface area (Å²) in [6.45, 7) is 0.0277. The number of ether oxygens (including phenoxy) is 2. The zero-order chi connectivity index (χ0) is 20.3. The van der Waals surface area contributed by atoms with Gasteiger partial charge in [-0.15, -0.1) is 0 Å². The van der Waals surface area contributed by atoms with Crippen molar-refractivity contribution < 1.29 is 27.8 Å². The maximum atomic E-state index is 13.3. The highest BCUT2D eigenvalue weighted by atomic mass is 35.5. The molecule has 3 rings (SSSR count). The number of hydrogen-bond donors (Lipinski definition) is 2. The molecule has 0 spiro atoms. The van der Waals surface area contributed by atoms with Crippen LogP contribution < -0.4 is 5.32 Å². The number of nitrogens with one attached hydrogen (secondary N) is 1. The van der Waals surface area contributed by atoms with Gasteiger partial charge in [0.2, 0.25) is 15.9 Å². The van der Waals surface area contributed by atoms with E-state index in [4.69, 9.17) is 21.1 Å². The molecule has 156 valence electrons. The van der Waals surface area contributed by atoms with Gasteiger partial charge in [-0.3, -0.25) is 4.79 Å². The minimum absolute atomic E-state index is 0.00122. The lowest BCUT2D eigenvalue weighted by Gasteiger charge is -2.43. The topological polar surface area (TPSA) is 105 Å². The summed E-state index contributed by atoms with van der Waals surface area (Å²) in [5.41, 5.74) is 0. The quantitative estimate of drug-likeness (QED) is 0.728. The van der Waals surface area contributed by atoms with E-state index in [1.165, 1.54) is 16.4 Å². The number of amides is 1. The van der Waals surface area contributed by atoms with Crippen molar-refractivity contribution in [2.45, 2.75) is 48.5 Å². The van der Waals surface area contributed by atoms with E-state index in [2.05, 4.69) is 5.32 Å². The van der Waals surface area contributed by atoms with Gasteiger partial charge >= 0.3 is 0 Å². The second-order valence-electron chi connectivity index (χ2n) is 7.01. The zero-order valence-electron chi connectivity index (χ0n) is 15.6. The minimum atomic E-state index is -3.95. The first-order valence-corrected chi connectivity index (χ1v) is 11.0. The van der Waals surface area contributed by atoms with Crippen molar-refractivity contribution >= 4 is 27.5 Å². The van der Waals surface area contributed by atoms with Crippen LogP contribution in [0.5, 0.6) is 0 Å². The molecule has 0 aliphatic carbocycles. The first kappa shape index (κ1) is 21.5. The third kappa shape index (κ3) is 4.67. The average molecular weight is 433 g/mol. The third-order valence-corrected chi connectivity index (χ3v) is 7.44. The Kier molecular flexibility index (Phi) is 6.95. The molecule has 2 aliphatic rings. The summed E-state index contributed by atoms with van der Waals surface area (Å²) < 4.78 is 39.5. The Morgan fingerprint density at radius 1 is 1.32 bits per heavy atom. The molecule has 0 bridgehead atoms. The number of β-amino-alcohol motifs (C(OH)–C–C–N with tert-alkyl or cyclic N) is 1. The molecule has 4 atom stereocenters.